The number of hydrogen-bond acceptors (Lipinski definition) is 5. The number of carbonyl (C=O) groups excluding carboxylic acids is 1. The van der Waals surface area contributed by atoms with Gasteiger partial charge in [0.15, 0.2) is 0 Å². The number of sulfonamides is 1. The average molecular weight is 422 g/mol. The highest BCUT2D eigenvalue weighted by atomic mass is 32.2. The van der Waals surface area contributed by atoms with Crippen LogP contribution in [0.3, 0.4) is 0 Å². The molecular weight excluding hydrogens is 390 g/mol. The molecule has 1 unspecified atom stereocenters. The number of likely N-dealkylation sites (tertiary alicyclic amines) is 1. The van der Waals surface area contributed by atoms with Crippen LogP contribution in [0, 0.1) is 5.41 Å². The number of carbonyl (C=O) groups is 1. The third-order valence-corrected chi connectivity index (χ3v) is 7.37. The Hall–Kier alpha value is -1.80. The number of rotatable bonds is 4. The van der Waals surface area contributed by atoms with Crippen LogP contribution in [0.2, 0.25) is 0 Å². The van der Waals surface area contributed by atoms with Gasteiger partial charge in [-0.15, -0.1) is 0 Å². The molecule has 3 aliphatic rings. The first-order valence-corrected chi connectivity index (χ1v) is 12.5. The van der Waals surface area contributed by atoms with Crippen LogP contribution in [0.5, 0.6) is 0 Å². The molecule has 8 heteroatoms. The van der Waals surface area contributed by atoms with E-state index in [9.17, 15) is 18.3 Å². The Morgan fingerprint density at radius 1 is 1.07 bits per heavy atom. The van der Waals surface area contributed by atoms with E-state index in [-0.39, 0.29) is 17.6 Å². The Balaban J connectivity index is 1.45. The normalized spacial score (nSPS) is 30.8. The average Bonchev–Trinajstić information content (AvgIpc) is 2.98. The monoisotopic (exact) mass is 421 g/mol. The number of benzene rings is 1. The van der Waals surface area contributed by atoms with Crippen LogP contribution in [-0.4, -0.2) is 62.4 Å². The highest BCUT2D eigenvalue weighted by molar-refractivity contribution is 7.92. The molecule has 2 heterocycles. The molecule has 2 N–H and O–H groups in total. The third-order valence-electron chi connectivity index (χ3n) is 6.77. The highest BCUT2D eigenvalue weighted by Crippen LogP contribution is 2.43. The molecule has 7 nitrogen and oxygen atoms in total. The lowest BCUT2D eigenvalue weighted by Gasteiger charge is -2.41. The first-order chi connectivity index (χ1) is 13.8. The molecule has 2 aliphatic heterocycles. The van der Waals surface area contributed by atoms with Crippen LogP contribution >= 0.6 is 0 Å². The van der Waals surface area contributed by atoms with E-state index in [1.54, 1.807) is 12.1 Å². The molecule has 2 saturated heterocycles. The zero-order valence-electron chi connectivity index (χ0n) is 17.0. The van der Waals surface area contributed by atoms with Crippen molar-refractivity contribution in [2.75, 3.05) is 35.5 Å². The second-order valence-corrected chi connectivity index (χ2v) is 10.7. The predicted molar refractivity (Wildman–Crippen MR) is 113 cm³/mol. The Kier molecular flexibility index (Phi) is 5.50. The summed E-state index contributed by atoms with van der Waals surface area (Å²) in [7, 11) is -3.29. The van der Waals surface area contributed by atoms with Crippen molar-refractivity contribution in [2.45, 2.75) is 57.1 Å². The fraction of sp³-hybridized carbons (Fsp3) is 0.667. The molecule has 1 atom stereocenters. The number of aliphatic hydroxyl groups excluding tert-OH is 1. The third kappa shape index (κ3) is 4.38. The summed E-state index contributed by atoms with van der Waals surface area (Å²) >= 11 is 0. The SMILES string of the molecule is CS(=O)(=O)Nc1ccc(N2CCCC3(CCN(C4CCC(O)CC4)C3=O)C2)cc1. The van der Waals surface area contributed by atoms with Crippen LogP contribution in [0.25, 0.3) is 0 Å². The topological polar surface area (TPSA) is 90.0 Å². The quantitative estimate of drug-likeness (QED) is 0.778. The van der Waals surface area contributed by atoms with E-state index in [0.29, 0.717) is 11.6 Å². The number of aliphatic hydroxyl groups is 1. The lowest BCUT2D eigenvalue weighted by molar-refractivity contribution is -0.139. The van der Waals surface area contributed by atoms with Gasteiger partial charge in [-0.1, -0.05) is 0 Å². The summed E-state index contributed by atoms with van der Waals surface area (Å²) in [6.45, 7) is 2.45. The number of anilines is 2. The molecule has 0 aromatic heterocycles. The van der Waals surface area contributed by atoms with E-state index < -0.39 is 10.0 Å². The zero-order valence-corrected chi connectivity index (χ0v) is 17.8. The van der Waals surface area contributed by atoms with Gasteiger partial charge < -0.3 is 14.9 Å². The van der Waals surface area contributed by atoms with Crippen molar-refractivity contribution in [3.8, 4) is 0 Å². The molecule has 1 spiro atoms. The summed E-state index contributed by atoms with van der Waals surface area (Å²) in [5.41, 5.74) is 1.26. The standard InChI is InChI=1S/C21H31N3O4S/c1-29(27,28)22-16-3-5-17(6-4-16)23-13-2-11-21(15-23)12-14-24(20(21)26)18-7-9-19(25)10-8-18/h3-6,18-19,22,25H,2,7-15H2,1H3. The van der Waals surface area contributed by atoms with Crippen molar-refractivity contribution in [1.29, 1.82) is 0 Å². The van der Waals surface area contributed by atoms with Crippen molar-refractivity contribution in [3.05, 3.63) is 24.3 Å². The minimum Gasteiger partial charge on any atom is -0.393 e. The zero-order chi connectivity index (χ0) is 20.6. The van der Waals surface area contributed by atoms with E-state index >= 15 is 0 Å². The first-order valence-electron chi connectivity index (χ1n) is 10.6. The van der Waals surface area contributed by atoms with Gasteiger partial charge in [0.1, 0.15) is 0 Å². The van der Waals surface area contributed by atoms with Gasteiger partial charge in [-0.3, -0.25) is 9.52 Å². The second-order valence-electron chi connectivity index (χ2n) is 8.94. The summed E-state index contributed by atoms with van der Waals surface area (Å²) in [6, 6.07) is 7.67. The summed E-state index contributed by atoms with van der Waals surface area (Å²) in [5.74, 6) is 0.291. The lowest BCUT2D eigenvalue weighted by atomic mass is 9.78. The van der Waals surface area contributed by atoms with Crippen molar-refractivity contribution in [1.82, 2.24) is 4.90 Å². The number of piperidine rings is 1. The molecule has 160 valence electrons. The molecule has 1 aromatic carbocycles. The van der Waals surface area contributed by atoms with Gasteiger partial charge in [-0.2, -0.15) is 0 Å². The number of nitrogens with zero attached hydrogens (tertiary/aromatic N) is 2. The largest absolute Gasteiger partial charge is 0.393 e. The van der Waals surface area contributed by atoms with E-state index in [1.165, 1.54) is 0 Å². The number of nitrogens with one attached hydrogen (secondary N) is 1. The Labute approximate surface area is 173 Å². The first kappa shape index (κ1) is 20.5. The maximum atomic E-state index is 13.4. The molecule has 1 amide bonds. The van der Waals surface area contributed by atoms with Crippen molar-refractivity contribution in [2.24, 2.45) is 5.41 Å². The summed E-state index contributed by atoms with van der Waals surface area (Å²) < 4.78 is 25.3. The van der Waals surface area contributed by atoms with Crippen LogP contribution in [0.15, 0.2) is 24.3 Å². The molecule has 1 aliphatic carbocycles. The van der Waals surface area contributed by atoms with Crippen LogP contribution in [-0.2, 0) is 14.8 Å². The Morgan fingerprint density at radius 2 is 1.76 bits per heavy atom. The Morgan fingerprint density at radius 3 is 2.41 bits per heavy atom. The van der Waals surface area contributed by atoms with Gasteiger partial charge >= 0.3 is 0 Å². The van der Waals surface area contributed by atoms with E-state index in [1.807, 2.05) is 12.1 Å². The molecule has 0 radical (unpaired) electrons. The molecule has 1 aromatic rings. The van der Waals surface area contributed by atoms with E-state index in [0.717, 1.165) is 76.5 Å². The van der Waals surface area contributed by atoms with Gasteiger partial charge in [0.05, 0.1) is 17.8 Å². The van der Waals surface area contributed by atoms with Gasteiger partial charge in [0.2, 0.25) is 15.9 Å². The van der Waals surface area contributed by atoms with Crippen LogP contribution in [0.4, 0.5) is 11.4 Å². The van der Waals surface area contributed by atoms with E-state index in [4.69, 9.17) is 0 Å². The minimum absolute atomic E-state index is 0.205. The maximum absolute atomic E-state index is 13.4. The van der Waals surface area contributed by atoms with Crippen LogP contribution in [0.1, 0.15) is 44.9 Å². The molecule has 4 rings (SSSR count). The molecule has 29 heavy (non-hydrogen) atoms. The number of amides is 1. The smallest absolute Gasteiger partial charge is 0.230 e. The van der Waals surface area contributed by atoms with Gasteiger partial charge in [-0.25, -0.2) is 8.42 Å². The summed E-state index contributed by atoms with van der Waals surface area (Å²) in [4.78, 5) is 17.8. The Bertz CT molecular complexity index is 849. The van der Waals surface area contributed by atoms with Crippen molar-refractivity contribution in [3.63, 3.8) is 0 Å². The summed E-state index contributed by atoms with van der Waals surface area (Å²) in [5, 5.41) is 9.77. The fourth-order valence-electron chi connectivity index (χ4n) is 5.25. The summed E-state index contributed by atoms with van der Waals surface area (Å²) in [6.07, 6.45) is 7.14. The van der Waals surface area contributed by atoms with E-state index in [2.05, 4.69) is 14.5 Å². The maximum Gasteiger partial charge on any atom is 0.230 e. The van der Waals surface area contributed by atoms with Gasteiger partial charge in [0.25, 0.3) is 0 Å². The van der Waals surface area contributed by atoms with Gasteiger partial charge in [-0.05, 0) is 69.2 Å². The number of hydrogen-bond donors (Lipinski definition) is 2. The highest BCUT2D eigenvalue weighted by Gasteiger charge is 2.50. The molecule has 1 saturated carbocycles. The minimum atomic E-state index is -3.29. The predicted octanol–water partition coefficient (Wildman–Crippen LogP) is 2.18. The molecule has 3 fully saturated rings. The molecular formula is C21H31N3O4S. The second kappa shape index (κ2) is 7.80. The molecule has 0 bridgehead atoms. The van der Waals surface area contributed by atoms with Crippen LogP contribution < -0.4 is 9.62 Å². The fourth-order valence-corrected chi connectivity index (χ4v) is 5.82. The van der Waals surface area contributed by atoms with Crippen molar-refractivity contribution >= 4 is 27.3 Å². The lowest BCUT2D eigenvalue weighted by Crippen LogP contribution is -2.50. The van der Waals surface area contributed by atoms with Gasteiger partial charge in [0, 0.05) is 37.1 Å². The van der Waals surface area contributed by atoms with Crippen molar-refractivity contribution < 1.29 is 18.3 Å².